The minimum atomic E-state index is -4.00. The first kappa shape index (κ1) is 28.1. The Balaban J connectivity index is 1.93. The average molecular weight is 547 g/mol. The highest BCUT2D eigenvalue weighted by Gasteiger charge is 2.26. The first-order chi connectivity index (χ1) is 17.6. The molecular formula is C24H24F2N6O3S2. The van der Waals surface area contributed by atoms with Gasteiger partial charge < -0.3 is 4.90 Å². The summed E-state index contributed by atoms with van der Waals surface area (Å²) in [4.78, 5) is 20.8. The van der Waals surface area contributed by atoms with Crippen LogP contribution in [0.15, 0.2) is 41.3 Å². The highest BCUT2D eigenvalue weighted by molar-refractivity contribution is 7.89. The molecule has 0 fully saturated rings. The van der Waals surface area contributed by atoms with Crippen molar-refractivity contribution in [1.82, 2.24) is 14.2 Å². The third-order valence-corrected chi connectivity index (χ3v) is 8.27. The Kier molecular flexibility index (Phi) is 9.23. The van der Waals surface area contributed by atoms with Gasteiger partial charge in [-0.1, -0.05) is 11.3 Å². The van der Waals surface area contributed by atoms with E-state index >= 15 is 0 Å². The number of carbonyl (C=O) groups excluding carboxylic acids is 1. The fourth-order valence-electron chi connectivity index (χ4n) is 3.42. The summed E-state index contributed by atoms with van der Waals surface area (Å²) in [5.41, 5.74) is 0.129. The zero-order valence-corrected chi connectivity index (χ0v) is 21.8. The normalized spacial score (nSPS) is 11.6. The number of anilines is 1. The second-order valence-corrected chi connectivity index (χ2v) is 11.2. The van der Waals surface area contributed by atoms with Crippen LogP contribution in [0.4, 0.5) is 13.9 Å². The Labute approximate surface area is 217 Å². The third kappa shape index (κ3) is 6.64. The number of benzene rings is 2. The van der Waals surface area contributed by atoms with Crippen LogP contribution in [0.25, 0.3) is 10.2 Å². The van der Waals surface area contributed by atoms with Gasteiger partial charge in [-0.25, -0.2) is 22.2 Å². The summed E-state index contributed by atoms with van der Waals surface area (Å²) >= 11 is 0.975. The fourth-order valence-corrected chi connectivity index (χ4v) is 5.89. The van der Waals surface area contributed by atoms with E-state index in [1.54, 1.807) is 0 Å². The molecule has 2 aromatic carbocycles. The van der Waals surface area contributed by atoms with E-state index in [2.05, 4.69) is 4.98 Å². The van der Waals surface area contributed by atoms with Gasteiger partial charge in [-0.2, -0.15) is 14.8 Å². The van der Waals surface area contributed by atoms with E-state index in [0.717, 1.165) is 27.8 Å². The van der Waals surface area contributed by atoms with Crippen LogP contribution in [0.5, 0.6) is 0 Å². The number of fused-ring (bicyclic) bond motifs is 1. The van der Waals surface area contributed by atoms with Gasteiger partial charge >= 0.3 is 0 Å². The number of hydrogen-bond donors (Lipinski definition) is 0. The fraction of sp³-hybridized carbons (Fsp3) is 0.333. The molecule has 0 atom stereocenters. The highest BCUT2D eigenvalue weighted by Crippen LogP contribution is 2.32. The van der Waals surface area contributed by atoms with Gasteiger partial charge in [0.1, 0.15) is 11.3 Å². The van der Waals surface area contributed by atoms with Crippen molar-refractivity contribution in [3.05, 3.63) is 53.6 Å². The number of rotatable bonds is 11. The SMILES string of the molecule is CN(C)CCN(C(=O)c1ccc(S(=O)(=O)N(CCC#N)CCC#N)cc1)c1nc2c(F)cc(F)cc2s1. The molecule has 0 spiro atoms. The zero-order valence-electron chi connectivity index (χ0n) is 20.2. The van der Waals surface area contributed by atoms with Crippen molar-refractivity contribution in [2.75, 3.05) is 45.2 Å². The Morgan fingerprint density at radius 1 is 1.00 bits per heavy atom. The van der Waals surface area contributed by atoms with E-state index in [4.69, 9.17) is 10.5 Å². The summed E-state index contributed by atoms with van der Waals surface area (Å²) in [5, 5.41) is 17.9. The lowest BCUT2D eigenvalue weighted by atomic mass is 10.2. The first-order valence-corrected chi connectivity index (χ1v) is 13.4. The van der Waals surface area contributed by atoms with Gasteiger partial charge in [0.15, 0.2) is 10.9 Å². The quantitative estimate of drug-likeness (QED) is 0.360. The lowest BCUT2D eigenvalue weighted by molar-refractivity contribution is 0.0985. The Morgan fingerprint density at radius 2 is 1.62 bits per heavy atom. The second-order valence-electron chi connectivity index (χ2n) is 8.24. The first-order valence-electron chi connectivity index (χ1n) is 11.1. The van der Waals surface area contributed by atoms with Crippen molar-refractivity contribution in [2.24, 2.45) is 0 Å². The molecule has 194 valence electrons. The van der Waals surface area contributed by atoms with Crippen molar-refractivity contribution in [2.45, 2.75) is 17.7 Å². The second kappa shape index (κ2) is 12.2. The van der Waals surface area contributed by atoms with Crippen LogP contribution in [0.3, 0.4) is 0 Å². The molecule has 0 N–H and O–H groups in total. The molecule has 0 radical (unpaired) electrons. The van der Waals surface area contributed by atoms with Crippen LogP contribution in [0.2, 0.25) is 0 Å². The van der Waals surface area contributed by atoms with Crippen molar-refractivity contribution in [3.63, 3.8) is 0 Å². The topological polar surface area (TPSA) is 121 Å². The number of thiazole rings is 1. The predicted octanol–water partition coefficient (Wildman–Crippen LogP) is 3.60. The highest BCUT2D eigenvalue weighted by atomic mass is 32.2. The molecule has 0 aliphatic carbocycles. The van der Waals surface area contributed by atoms with Crippen LogP contribution in [-0.4, -0.2) is 68.8 Å². The molecule has 3 aromatic rings. The summed E-state index contributed by atoms with van der Waals surface area (Å²) in [7, 11) is -0.357. The number of amides is 1. The molecule has 0 saturated carbocycles. The van der Waals surface area contributed by atoms with Crippen LogP contribution < -0.4 is 4.90 Å². The molecule has 0 aliphatic rings. The Morgan fingerprint density at radius 3 is 2.19 bits per heavy atom. The molecule has 9 nitrogen and oxygen atoms in total. The lowest BCUT2D eigenvalue weighted by Gasteiger charge is -2.22. The van der Waals surface area contributed by atoms with Crippen LogP contribution in [-0.2, 0) is 10.0 Å². The van der Waals surface area contributed by atoms with Crippen LogP contribution >= 0.6 is 11.3 Å². The van der Waals surface area contributed by atoms with E-state index in [-0.39, 0.29) is 58.3 Å². The minimum Gasteiger partial charge on any atom is -0.308 e. The van der Waals surface area contributed by atoms with Gasteiger partial charge in [-0.05, 0) is 44.4 Å². The summed E-state index contributed by atoms with van der Waals surface area (Å²) < 4.78 is 55.3. The van der Waals surface area contributed by atoms with Crippen molar-refractivity contribution in [1.29, 1.82) is 10.5 Å². The average Bonchev–Trinajstić information content (AvgIpc) is 3.28. The monoisotopic (exact) mass is 546 g/mol. The van der Waals surface area contributed by atoms with Crippen LogP contribution in [0, 0.1) is 34.3 Å². The summed E-state index contributed by atoms with van der Waals surface area (Å²) in [6.45, 7) is 0.534. The lowest BCUT2D eigenvalue weighted by Crippen LogP contribution is -2.37. The molecule has 13 heteroatoms. The van der Waals surface area contributed by atoms with Crippen molar-refractivity contribution < 1.29 is 22.0 Å². The standard InChI is InChI=1S/C24H24F2N6O3S2/c1-30(2)13-14-32(24-29-22-20(26)15-18(25)16-21(22)36-24)23(33)17-5-7-19(8-6-17)37(34,35)31(11-3-9-27)12-4-10-28/h5-8,15-16H,3-4,11-14H2,1-2H3. The molecule has 0 unspecified atom stereocenters. The number of hydrogen-bond acceptors (Lipinski definition) is 8. The zero-order chi connectivity index (χ0) is 27.2. The summed E-state index contributed by atoms with van der Waals surface area (Å²) in [5.74, 6) is -2.07. The maximum absolute atomic E-state index is 14.2. The molecule has 1 aromatic heterocycles. The minimum absolute atomic E-state index is 0.0330. The van der Waals surface area contributed by atoms with E-state index in [1.165, 1.54) is 29.2 Å². The number of carbonyl (C=O) groups is 1. The molecule has 0 bridgehead atoms. The number of aromatic nitrogens is 1. The maximum Gasteiger partial charge on any atom is 0.260 e. The molecule has 1 heterocycles. The number of halogens is 2. The molecule has 0 saturated heterocycles. The molecule has 37 heavy (non-hydrogen) atoms. The van der Waals surface area contributed by atoms with Gasteiger partial charge in [-0.3, -0.25) is 9.69 Å². The van der Waals surface area contributed by atoms with Gasteiger partial charge in [0.2, 0.25) is 10.0 Å². The van der Waals surface area contributed by atoms with E-state index in [0.29, 0.717) is 6.54 Å². The molecule has 3 rings (SSSR count). The molecule has 1 amide bonds. The van der Waals surface area contributed by atoms with E-state index < -0.39 is 27.6 Å². The van der Waals surface area contributed by atoms with Crippen molar-refractivity contribution >= 4 is 42.6 Å². The van der Waals surface area contributed by atoms with Gasteiger partial charge in [0.25, 0.3) is 5.91 Å². The largest absolute Gasteiger partial charge is 0.308 e. The van der Waals surface area contributed by atoms with Gasteiger partial charge in [0, 0.05) is 50.7 Å². The van der Waals surface area contributed by atoms with Crippen molar-refractivity contribution in [3.8, 4) is 12.1 Å². The summed E-state index contributed by atoms with van der Waals surface area (Å²) in [6.07, 6.45) is -0.0660. The van der Waals surface area contributed by atoms with Gasteiger partial charge in [-0.15, -0.1) is 0 Å². The molecular weight excluding hydrogens is 522 g/mol. The molecule has 0 aliphatic heterocycles. The maximum atomic E-state index is 14.2. The number of nitriles is 2. The number of sulfonamides is 1. The Hall–Kier alpha value is -3.49. The third-order valence-electron chi connectivity index (χ3n) is 5.33. The number of likely N-dealkylation sites (N-methyl/N-ethyl adjacent to an activating group) is 1. The number of nitrogens with zero attached hydrogens (tertiary/aromatic N) is 6. The van der Waals surface area contributed by atoms with Crippen LogP contribution in [0.1, 0.15) is 23.2 Å². The Bertz CT molecular complexity index is 1440. The predicted molar refractivity (Wildman–Crippen MR) is 135 cm³/mol. The summed E-state index contributed by atoms with van der Waals surface area (Å²) in [6, 6.07) is 11.0. The van der Waals surface area contributed by atoms with Gasteiger partial charge in [0.05, 0.1) is 21.7 Å². The van der Waals surface area contributed by atoms with E-state index in [1.807, 2.05) is 31.1 Å². The van der Waals surface area contributed by atoms with E-state index in [9.17, 15) is 22.0 Å². The smallest absolute Gasteiger partial charge is 0.260 e.